The molecule has 0 aliphatic rings. The van der Waals surface area contributed by atoms with Gasteiger partial charge in [0.25, 0.3) is 10.0 Å². The van der Waals surface area contributed by atoms with Gasteiger partial charge in [-0.3, -0.25) is 9.10 Å². The van der Waals surface area contributed by atoms with Crippen LogP contribution in [0.15, 0.2) is 77.7 Å². The summed E-state index contributed by atoms with van der Waals surface area (Å²) in [5, 5.41) is 3.44. The summed E-state index contributed by atoms with van der Waals surface area (Å²) in [6.45, 7) is -0.501. The Balaban J connectivity index is 1.99. The lowest BCUT2D eigenvalue weighted by Crippen LogP contribution is -2.38. The highest BCUT2D eigenvalue weighted by Crippen LogP contribution is 2.30. The van der Waals surface area contributed by atoms with Crippen LogP contribution in [0.3, 0.4) is 0 Å². The summed E-state index contributed by atoms with van der Waals surface area (Å²) in [7, 11) is -4.06. The smallest absolute Gasteiger partial charge is 0.264 e. The maximum absolute atomic E-state index is 13.2. The van der Waals surface area contributed by atoms with E-state index in [4.69, 9.17) is 34.8 Å². The highest BCUT2D eigenvalue weighted by Gasteiger charge is 2.27. The van der Waals surface area contributed by atoms with Gasteiger partial charge in [0.2, 0.25) is 5.91 Å². The highest BCUT2D eigenvalue weighted by atomic mass is 35.5. The summed E-state index contributed by atoms with van der Waals surface area (Å²) >= 11 is 18.2. The van der Waals surface area contributed by atoms with E-state index < -0.39 is 22.5 Å². The van der Waals surface area contributed by atoms with Crippen molar-refractivity contribution in [2.45, 2.75) is 4.90 Å². The number of anilines is 2. The SMILES string of the molecule is O=C(CN(c1cc(Cl)cc(Cl)c1)S(=O)(=O)c1ccccc1)Nc1ccccc1Cl. The molecule has 1 N–H and O–H groups in total. The Morgan fingerprint density at radius 2 is 1.45 bits per heavy atom. The first-order valence-electron chi connectivity index (χ1n) is 8.35. The van der Waals surface area contributed by atoms with Gasteiger partial charge in [-0.1, -0.05) is 65.1 Å². The molecule has 0 saturated heterocycles. The van der Waals surface area contributed by atoms with Crippen molar-refractivity contribution >= 4 is 62.1 Å². The number of hydrogen-bond acceptors (Lipinski definition) is 3. The Morgan fingerprint density at radius 3 is 2.07 bits per heavy atom. The minimum absolute atomic E-state index is 0.0293. The van der Waals surface area contributed by atoms with Gasteiger partial charge in [0.05, 0.1) is 21.3 Å². The number of hydrogen-bond donors (Lipinski definition) is 1. The van der Waals surface area contributed by atoms with Gasteiger partial charge in [-0.2, -0.15) is 0 Å². The zero-order valence-corrected chi connectivity index (χ0v) is 17.9. The summed E-state index contributed by atoms with van der Waals surface area (Å²) in [5.74, 6) is -0.575. The molecule has 0 radical (unpaired) electrons. The van der Waals surface area contributed by atoms with E-state index in [9.17, 15) is 13.2 Å². The summed E-state index contributed by atoms with van der Waals surface area (Å²) in [5.41, 5.74) is 0.543. The summed E-state index contributed by atoms with van der Waals surface area (Å²) < 4.78 is 27.4. The van der Waals surface area contributed by atoms with Crippen LogP contribution in [0.25, 0.3) is 0 Å². The Morgan fingerprint density at radius 1 is 0.862 bits per heavy atom. The van der Waals surface area contributed by atoms with Gasteiger partial charge in [-0.05, 0) is 42.5 Å². The summed E-state index contributed by atoms with van der Waals surface area (Å²) in [6, 6.07) is 18.8. The molecule has 3 rings (SSSR count). The van der Waals surface area contributed by atoms with Crippen molar-refractivity contribution in [3.05, 3.63) is 87.9 Å². The predicted octanol–water partition coefficient (Wildman–Crippen LogP) is 5.48. The first-order valence-corrected chi connectivity index (χ1v) is 10.9. The van der Waals surface area contributed by atoms with Gasteiger partial charge >= 0.3 is 0 Å². The highest BCUT2D eigenvalue weighted by molar-refractivity contribution is 7.92. The molecule has 5 nitrogen and oxygen atoms in total. The standard InChI is InChI=1S/C20H15Cl3N2O3S/c21-14-10-15(22)12-16(11-14)25(29(27,28)17-6-2-1-3-7-17)13-20(26)24-19-9-5-4-8-18(19)23/h1-12H,13H2,(H,24,26). The fourth-order valence-electron chi connectivity index (χ4n) is 2.60. The maximum atomic E-state index is 13.2. The van der Waals surface area contributed by atoms with Crippen molar-refractivity contribution in [1.29, 1.82) is 0 Å². The van der Waals surface area contributed by atoms with Crippen LogP contribution in [0.5, 0.6) is 0 Å². The third-order valence-electron chi connectivity index (χ3n) is 3.90. The molecule has 150 valence electrons. The Labute approximate surface area is 183 Å². The van der Waals surface area contributed by atoms with Crippen LogP contribution in [0.4, 0.5) is 11.4 Å². The lowest BCUT2D eigenvalue weighted by atomic mass is 10.3. The molecule has 3 aromatic carbocycles. The summed E-state index contributed by atoms with van der Waals surface area (Å²) in [6.07, 6.45) is 0. The number of sulfonamides is 1. The first kappa shape index (κ1) is 21.5. The molecule has 0 saturated carbocycles. The van der Waals surface area contributed by atoms with Crippen molar-refractivity contribution in [3.8, 4) is 0 Å². The molecule has 0 spiro atoms. The van der Waals surface area contributed by atoms with Crippen LogP contribution in [0.2, 0.25) is 15.1 Å². The summed E-state index contributed by atoms with van der Waals surface area (Å²) in [4.78, 5) is 12.7. The molecule has 0 atom stereocenters. The molecular formula is C20H15Cl3N2O3S. The maximum Gasteiger partial charge on any atom is 0.264 e. The van der Waals surface area contributed by atoms with Crippen LogP contribution in [-0.2, 0) is 14.8 Å². The third-order valence-corrected chi connectivity index (χ3v) is 6.46. The second kappa shape index (κ2) is 9.05. The number of nitrogens with one attached hydrogen (secondary N) is 1. The number of amides is 1. The van der Waals surface area contributed by atoms with Crippen molar-refractivity contribution in [3.63, 3.8) is 0 Å². The van der Waals surface area contributed by atoms with Crippen molar-refractivity contribution in [2.75, 3.05) is 16.2 Å². The fraction of sp³-hybridized carbons (Fsp3) is 0.0500. The molecule has 0 bridgehead atoms. The average molecular weight is 470 g/mol. The third kappa shape index (κ3) is 5.22. The molecule has 3 aromatic rings. The predicted molar refractivity (Wildman–Crippen MR) is 118 cm³/mol. The van der Waals surface area contributed by atoms with Crippen molar-refractivity contribution < 1.29 is 13.2 Å². The van der Waals surface area contributed by atoms with Gasteiger partial charge in [0, 0.05) is 10.0 Å². The number of carbonyl (C=O) groups is 1. The lowest BCUT2D eigenvalue weighted by Gasteiger charge is -2.24. The normalized spacial score (nSPS) is 11.1. The van der Waals surface area contributed by atoms with Crippen LogP contribution < -0.4 is 9.62 Å². The number of halogens is 3. The van der Waals surface area contributed by atoms with Crippen LogP contribution in [-0.4, -0.2) is 20.9 Å². The zero-order chi connectivity index (χ0) is 21.0. The van der Waals surface area contributed by atoms with E-state index >= 15 is 0 Å². The molecule has 1 amide bonds. The molecular weight excluding hydrogens is 455 g/mol. The second-order valence-electron chi connectivity index (χ2n) is 5.98. The number of para-hydroxylation sites is 1. The molecule has 0 aromatic heterocycles. The quantitative estimate of drug-likeness (QED) is 0.520. The van der Waals surface area contributed by atoms with Crippen molar-refractivity contribution in [1.82, 2.24) is 0 Å². The van der Waals surface area contributed by atoms with Crippen LogP contribution >= 0.6 is 34.8 Å². The van der Waals surface area contributed by atoms with E-state index in [-0.39, 0.29) is 20.6 Å². The number of rotatable bonds is 6. The topological polar surface area (TPSA) is 66.5 Å². The van der Waals surface area contributed by atoms with Gasteiger partial charge in [0.1, 0.15) is 6.54 Å². The fourth-order valence-corrected chi connectivity index (χ4v) is 4.72. The lowest BCUT2D eigenvalue weighted by molar-refractivity contribution is -0.114. The zero-order valence-electron chi connectivity index (χ0n) is 14.8. The molecule has 0 aliphatic carbocycles. The van der Waals surface area contributed by atoms with Gasteiger partial charge in [-0.25, -0.2) is 8.42 Å². The Hall–Kier alpha value is -2.25. The van der Waals surface area contributed by atoms with Gasteiger partial charge < -0.3 is 5.32 Å². The average Bonchev–Trinajstić information content (AvgIpc) is 2.68. The largest absolute Gasteiger partial charge is 0.323 e. The number of carbonyl (C=O) groups excluding carboxylic acids is 1. The first-order chi connectivity index (χ1) is 13.8. The molecule has 0 fully saturated rings. The molecule has 9 heteroatoms. The second-order valence-corrected chi connectivity index (χ2v) is 9.12. The number of benzene rings is 3. The monoisotopic (exact) mass is 468 g/mol. The van der Waals surface area contributed by atoms with Crippen molar-refractivity contribution in [2.24, 2.45) is 0 Å². The minimum atomic E-state index is -4.06. The van der Waals surface area contributed by atoms with Gasteiger partial charge in [0.15, 0.2) is 0 Å². The van der Waals surface area contributed by atoms with E-state index in [0.29, 0.717) is 10.7 Å². The van der Waals surface area contributed by atoms with E-state index in [2.05, 4.69) is 5.32 Å². The molecule has 29 heavy (non-hydrogen) atoms. The van der Waals surface area contributed by atoms with Crippen LogP contribution in [0, 0.1) is 0 Å². The molecule has 0 aliphatic heterocycles. The van der Waals surface area contributed by atoms with E-state index in [1.807, 2.05) is 0 Å². The Bertz CT molecular complexity index is 1120. The molecule has 0 heterocycles. The molecule has 0 unspecified atom stereocenters. The van der Waals surface area contributed by atoms with E-state index in [1.165, 1.54) is 30.3 Å². The van der Waals surface area contributed by atoms with Crippen LogP contribution in [0.1, 0.15) is 0 Å². The number of nitrogens with zero attached hydrogens (tertiary/aromatic N) is 1. The Kier molecular flexibility index (Phi) is 6.70. The van der Waals surface area contributed by atoms with E-state index in [1.54, 1.807) is 42.5 Å². The van der Waals surface area contributed by atoms with E-state index in [0.717, 1.165) is 4.31 Å². The minimum Gasteiger partial charge on any atom is -0.323 e. The van der Waals surface area contributed by atoms with Gasteiger partial charge in [-0.15, -0.1) is 0 Å².